The van der Waals surface area contributed by atoms with Crippen molar-refractivity contribution >= 4 is 50.7 Å². The van der Waals surface area contributed by atoms with Gasteiger partial charge in [0.2, 0.25) is 0 Å². The van der Waals surface area contributed by atoms with E-state index in [9.17, 15) is 10.0 Å². The molecule has 2 heterocycles. The zero-order valence-corrected chi connectivity index (χ0v) is 15.0. The quantitative estimate of drug-likeness (QED) is 0.455. The zero-order chi connectivity index (χ0) is 18.8. The molecule has 28 heavy (non-hydrogen) atoms. The van der Waals surface area contributed by atoms with Crippen molar-refractivity contribution in [1.82, 2.24) is 4.40 Å². The second-order valence-electron chi connectivity index (χ2n) is 7.29. The van der Waals surface area contributed by atoms with Crippen LogP contribution in [0.3, 0.4) is 0 Å². The lowest BCUT2D eigenvalue weighted by atomic mass is 9.80. The van der Waals surface area contributed by atoms with Crippen molar-refractivity contribution in [3.8, 4) is 11.1 Å². The Morgan fingerprint density at radius 2 is 1.36 bits per heavy atom. The van der Waals surface area contributed by atoms with Crippen molar-refractivity contribution in [2.24, 2.45) is 0 Å². The number of nitrogens with zero attached hydrogens (tertiary/aromatic N) is 1. The fourth-order valence-electron chi connectivity index (χ4n) is 4.47. The number of benzene rings is 4. The van der Waals surface area contributed by atoms with Gasteiger partial charge in [0.15, 0.2) is 0 Å². The molecule has 4 heteroatoms. The highest BCUT2D eigenvalue weighted by molar-refractivity contribution is 6.59. The smallest absolute Gasteiger partial charge is 0.423 e. The molecule has 0 radical (unpaired) electrons. The Morgan fingerprint density at radius 1 is 0.571 bits per heavy atom. The zero-order valence-electron chi connectivity index (χ0n) is 15.0. The molecule has 4 aromatic carbocycles. The summed E-state index contributed by atoms with van der Waals surface area (Å²) in [7, 11) is -1.47. The third kappa shape index (κ3) is 2.01. The van der Waals surface area contributed by atoms with Gasteiger partial charge in [-0.1, -0.05) is 72.8 Å². The first kappa shape index (κ1) is 15.7. The van der Waals surface area contributed by atoms with Crippen LogP contribution in [0.4, 0.5) is 0 Å². The van der Waals surface area contributed by atoms with Gasteiger partial charge in [-0.15, -0.1) is 0 Å². The molecule has 0 aliphatic carbocycles. The Bertz CT molecular complexity index is 1490. The molecule has 132 valence electrons. The summed E-state index contributed by atoms with van der Waals surface area (Å²) in [6.07, 6.45) is 0. The highest BCUT2D eigenvalue weighted by atomic mass is 16.4. The minimum absolute atomic E-state index is 0.510. The van der Waals surface area contributed by atoms with Crippen LogP contribution in [0.5, 0.6) is 0 Å². The second-order valence-corrected chi connectivity index (χ2v) is 7.29. The molecular formula is C24H16BNO2. The summed E-state index contributed by atoms with van der Waals surface area (Å²) >= 11 is 0. The maximum atomic E-state index is 9.60. The number of para-hydroxylation sites is 1. The van der Waals surface area contributed by atoms with Crippen LogP contribution in [-0.4, -0.2) is 21.6 Å². The maximum Gasteiger partial charge on any atom is 0.488 e. The summed E-state index contributed by atoms with van der Waals surface area (Å²) in [6, 6.07) is 29.0. The van der Waals surface area contributed by atoms with E-state index in [-0.39, 0.29) is 0 Å². The maximum absolute atomic E-state index is 9.60. The van der Waals surface area contributed by atoms with Crippen LogP contribution in [0.2, 0.25) is 0 Å². The van der Waals surface area contributed by atoms with Crippen LogP contribution < -0.4 is 5.46 Å². The molecular weight excluding hydrogens is 345 g/mol. The lowest BCUT2D eigenvalue weighted by molar-refractivity contribution is 0.426. The molecule has 3 nitrogen and oxygen atoms in total. The van der Waals surface area contributed by atoms with Crippen molar-refractivity contribution in [3.63, 3.8) is 0 Å². The molecule has 2 N–H and O–H groups in total. The Hall–Kier alpha value is -3.34. The SMILES string of the molecule is OB(O)c1ccc2c(c1)c1cccc3c4ccc(-c5ccccc5)cc4n2c13. The molecule has 0 bridgehead atoms. The molecule has 0 spiro atoms. The van der Waals surface area contributed by atoms with Crippen LogP contribution >= 0.6 is 0 Å². The molecule has 0 saturated carbocycles. The van der Waals surface area contributed by atoms with E-state index in [1.165, 1.54) is 32.9 Å². The van der Waals surface area contributed by atoms with Crippen molar-refractivity contribution < 1.29 is 10.0 Å². The third-order valence-electron chi connectivity index (χ3n) is 5.75. The van der Waals surface area contributed by atoms with E-state index in [4.69, 9.17) is 0 Å². The summed E-state index contributed by atoms with van der Waals surface area (Å²) in [5, 5.41) is 23.8. The topological polar surface area (TPSA) is 44.9 Å². The van der Waals surface area contributed by atoms with Crippen molar-refractivity contribution in [2.45, 2.75) is 0 Å². The fraction of sp³-hybridized carbons (Fsp3) is 0. The van der Waals surface area contributed by atoms with Crippen molar-refractivity contribution in [2.75, 3.05) is 0 Å². The number of hydrogen-bond donors (Lipinski definition) is 2. The van der Waals surface area contributed by atoms with Gasteiger partial charge in [-0.2, -0.15) is 0 Å². The molecule has 0 unspecified atom stereocenters. The van der Waals surface area contributed by atoms with E-state index < -0.39 is 7.12 Å². The predicted molar refractivity (Wildman–Crippen MR) is 116 cm³/mol. The molecule has 6 aromatic rings. The van der Waals surface area contributed by atoms with Gasteiger partial charge in [0.05, 0.1) is 16.6 Å². The second kappa shape index (κ2) is 5.58. The molecule has 0 aliphatic heterocycles. The Kier molecular flexibility index (Phi) is 3.13. The van der Waals surface area contributed by atoms with Crippen molar-refractivity contribution in [3.05, 3.63) is 84.9 Å². The average molecular weight is 361 g/mol. The predicted octanol–water partition coefficient (Wildman–Crippen LogP) is 4.18. The number of rotatable bonds is 2. The summed E-state index contributed by atoms with van der Waals surface area (Å²) in [6.45, 7) is 0. The van der Waals surface area contributed by atoms with E-state index in [1.54, 1.807) is 6.07 Å². The van der Waals surface area contributed by atoms with E-state index in [0.29, 0.717) is 5.46 Å². The lowest BCUT2D eigenvalue weighted by Crippen LogP contribution is -2.29. The summed E-state index contributed by atoms with van der Waals surface area (Å²) in [4.78, 5) is 0. The van der Waals surface area contributed by atoms with Crippen LogP contribution in [-0.2, 0) is 0 Å². The first-order valence-electron chi connectivity index (χ1n) is 9.36. The fourth-order valence-corrected chi connectivity index (χ4v) is 4.47. The van der Waals surface area contributed by atoms with Gasteiger partial charge in [-0.3, -0.25) is 0 Å². The molecule has 0 saturated heterocycles. The summed E-state index contributed by atoms with van der Waals surface area (Å²) < 4.78 is 2.30. The highest BCUT2D eigenvalue weighted by Crippen LogP contribution is 2.39. The number of aromatic nitrogens is 1. The highest BCUT2D eigenvalue weighted by Gasteiger charge is 2.19. The van der Waals surface area contributed by atoms with Gasteiger partial charge < -0.3 is 14.4 Å². The summed E-state index contributed by atoms with van der Waals surface area (Å²) in [5.74, 6) is 0. The van der Waals surface area contributed by atoms with Gasteiger partial charge in [-0.25, -0.2) is 0 Å². The Labute approximate surface area is 161 Å². The molecule has 0 amide bonds. The first-order chi connectivity index (χ1) is 13.7. The molecule has 0 fully saturated rings. The molecule has 2 aromatic heterocycles. The van der Waals surface area contributed by atoms with Crippen LogP contribution in [0.25, 0.3) is 49.2 Å². The molecule has 6 rings (SSSR count). The normalized spacial score (nSPS) is 11.9. The van der Waals surface area contributed by atoms with Crippen LogP contribution in [0, 0.1) is 0 Å². The molecule has 0 aliphatic rings. The van der Waals surface area contributed by atoms with Gasteiger partial charge in [0, 0.05) is 21.5 Å². The lowest BCUT2D eigenvalue weighted by Gasteiger charge is -2.04. The van der Waals surface area contributed by atoms with E-state index in [2.05, 4.69) is 65.1 Å². The Balaban J connectivity index is 1.78. The standard InChI is InChI=1S/C24H16BNO2/c27-25(28)17-10-12-22-21(14-17)20-8-4-7-19-18-11-9-16(15-5-2-1-3-6-15)13-23(18)26(22)24(19)20/h1-14,27-28H. The molecule has 0 atom stereocenters. The van der Waals surface area contributed by atoms with Gasteiger partial charge in [0.1, 0.15) is 0 Å². The van der Waals surface area contributed by atoms with E-state index in [1.807, 2.05) is 18.2 Å². The third-order valence-corrected chi connectivity index (χ3v) is 5.75. The largest absolute Gasteiger partial charge is 0.488 e. The van der Waals surface area contributed by atoms with Crippen LogP contribution in [0.1, 0.15) is 0 Å². The number of fused-ring (bicyclic) bond motifs is 6. The van der Waals surface area contributed by atoms with Gasteiger partial charge in [-0.05, 0) is 28.7 Å². The number of hydrogen-bond acceptors (Lipinski definition) is 2. The van der Waals surface area contributed by atoms with Crippen LogP contribution in [0.15, 0.2) is 84.9 Å². The minimum Gasteiger partial charge on any atom is -0.423 e. The van der Waals surface area contributed by atoms with E-state index in [0.717, 1.165) is 16.3 Å². The average Bonchev–Trinajstić information content (AvgIpc) is 3.25. The van der Waals surface area contributed by atoms with Gasteiger partial charge >= 0.3 is 7.12 Å². The summed E-state index contributed by atoms with van der Waals surface area (Å²) in [5.41, 5.74) is 6.32. The van der Waals surface area contributed by atoms with Gasteiger partial charge in [0.25, 0.3) is 0 Å². The minimum atomic E-state index is -1.47. The Morgan fingerprint density at radius 3 is 2.14 bits per heavy atom. The van der Waals surface area contributed by atoms with Crippen molar-refractivity contribution in [1.29, 1.82) is 0 Å². The monoisotopic (exact) mass is 361 g/mol. The first-order valence-corrected chi connectivity index (χ1v) is 9.36. The van der Waals surface area contributed by atoms with E-state index >= 15 is 0 Å².